The maximum atomic E-state index is 8.94. The van der Waals surface area contributed by atoms with Crippen LogP contribution in [-0.4, -0.2) is 21.7 Å². The summed E-state index contributed by atoms with van der Waals surface area (Å²) in [6.45, 7) is 0. The minimum Gasteiger partial charge on any atom is -0.504 e. The number of aromatic hydroxyl groups is 3. The van der Waals surface area contributed by atoms with E-state index in [4.69, 9.17) is 20.1 Å². The number of carbonyl (C=O) groups is 1. The molecule has 0 atom stereocenters. The lowest BCUT2D eigenvalue weighted by Crippen LogP contribution is -2.18. The number of phenols is 3. The first-order chi connectivity index (χ1) is 6.13. The van der Waals surface area contributed by atoms with Crippen LogP contribution in [0.5, 0.6) is 17.2 Å². The Morgan fingerprint density at radius 2 is 1.62 bits per heavy atom. The van der Waals surface area contributed by atoms with Crippen molar-refractivity contribution in [2.24, 2.45) is 5.84 Å². The van der Waals surface area contributed by atoms with Crippen LogP contribution in [0.4, 0.5) is 0 Å². The largest absolute Gasteiger partial charge is 0.504 e. The number of phenolic OH excluding ortho intramolecular Hbond substituents is 3. The molecule has 1 aromatic carbocycles. The number of amides is 1. The van der Waals surface area contributed by atoms with Crippen LogP contribution in [0.25, 0.3) is 0 Å². The van der Waals surface area contributed by atoms with Crippen molar-refractivity contribution in [1.29, 1.82) is 0 Å². The van der Waals surface area contributed by atoms with Gasteiger partial charge in [0.2, 0.25) is 6.41 Å². The molecule has 0 radical (unpaired) electrons. The Kier molecular flexibility index (Phi) is 4.82. The van der Waals surface area contributed by atoms with E-state index in [1.165, 1.54) is 18.2 Å². The maximum absolute atomic E-state index is 8.94. The average Bonchev–Trinajstić information content (AvgIpc) is 2.14. The molecule has 0 saturated heterocycles. The second kappa shape index (κ2) is 5.67. The molecule has 1 rings (SSSR count). The number of para-hydroxylation sites is 1. The van der Waals surface area contributed by atoms with E-state index in [0.717, 1.165) is 0 Å². The lowest BCUT2D eigenvalue weighted by atomic mass is 10.3. The van der Waals surface area contributed by atoms with Gasteiger partial charge in [-0.25, -0.2) is 5.84 Å². The summed E-state index contributed by atoms with van der Waals surface area (Å²) < 4.78 is 0. The summed E-state index contributed by atoms with van der Waals surface area (Å²) in [6.07, 6.45) is 0.403. The minimum absolute atomic E-state index is 0.310. The molecule has 6 N–H and O–H groups in total. The molecule has 1 amide bonds. The van der Waals surface area contributed by atoms with Crippen LogP contribution in [0.2, 0.25) is 0 Å². The molecule has 13 heavy (non-hydrogen) atoms. The topological polar surface area (TPSA) is 116 Å². The van der Waals surface area contributed by atoms with Gasteiger partial charge in [-0.2, -0.15) is 0 Å². The average molecular weight is 186 g/mol. The Bertz CT molecular complexity index is 257. The maximum Gasteiger partial charge on any atom is 0.221 e. The van der Waals surface area contributed by atoms with E-state index in [-0.39, 0.29) is 11.5 Å². The van der Waals surface area contributed by atoms with Crippen molar-refractivity contribution in [2.75, 3.05) is 0 Å². The first-order valence-electron chi connectivity index (χ1n) is 3.23. The van der Waals surface area contributed by atoms with E-state index in [0.29, 0.717) is 6.41 Å². The molecule has 0 unspecified atom stereocenters. The zero-order valence-corrected chi connectivity index (χ0v) is 6.64. The first-order valence-corrected chi connectivity index (χ1v) is 3.23. The third-order valence-electron chi connectivity index (χ3n) is 1.06. The number of nitrogens with two attached hydrogens (primary N) is 1. The molecule has 0 aliphatic rings. The number of hydrogen-bond donors (Lipinski definition) is 5. The van der Waals surface area contributed by atoms with E-state index in [2.05, 4.69) is 5.84 Å². The highest BCUT2D eigenvalue weighted by atomic mass is 16.3. The third kappa shape index (κ3) is 3.82. The highest BCUT2D eigenvalue weighted by Crippen LogP contribution is 2.32. The van der Waals surface area contributed by atoms with Gasteiger partial charge in [0.05, 0.1) is 0 Å². The molecule has 0 aliphatic heterocycles. The number of nitrogens with one attached hydrogen (secondary N) is 1. The lowest BCUT2D eigenvalue weighted by Gasteiger charge is -1.96. The van der Waals surface area contributed by atoms with E-state index >= 15 is 0 Å². The SMILES string of the molecule is NNC=O.Oc1cccc(O)c1O. The summed E-state index contributed by atoms with van der Waals surface area (Å²) in [7, 11) is 0. The zero-order valence-electron chi connectivity index (χ0n) is 6.64. The van der Waals surface area contributed by atoms with Crippen molar-refractivity contribution in [3.8, 4) is 17.2 Å². The molecule has 6 heteroatoms. The smallest absolute Gasteiger partial charge is 0.221 e. The van der Waals surface area contributed by atoms with Gasteiger partial charge < -0.3 is 15.3 Å². The van der Waals surface area contributed by atoms with Gasteiger partial charge >= 0.3 is 0 Å². The molecule has 0 aliphatic carbocycles. The Hall–Kier alpha value is -1.95. The van der Waals surface area contributed by atoms with Crippen molar-refractivity contribution in [3.05, 3.63) is 18.2 Å². The summed E-state index contributed by atoms with van der Waals surface area (Å²) in [5.74, 6) is 3.31. The van der Waals surface area contributed by atoms with Gasteiger partial charge in [0, 0.05) is 0 Å². The molecule has 72 valence electrons. The van der Waals surface area contributed by atoms with Crippen molar-refractivity contribution >= 4 is 6.41 Å². The molecule has 1 aromatic rings. The van der Waals surface area contributed by atoms with E-state index < -0.39 is 5.75 Å². The normalized spacial score (nSPS) is 8.08. The second-order valence-electron chi connectivity index (χ2n) is 1.93. The van der Waals surface area contributed by atoms with Crippen molar-refractivity contribution in [3.63, 3.8) is 0 Å². The summed E-state index contributed by atoms with van der Waals surface area (Å²) in [5.41, 5.74) is 1.75. The van der Waals surface area contributed by atoms with Crippen LogP contribution in [0.3, 0.4) is 0 Å². The van der Waals surface area contributed by atoms with Gasteiger partial charge in [0.1, 0.15) is 0 Å². The standard InChI is InChI=1S/C6H6O3.CH4N2O/c7-4-2-1-3-5(8)6(4)9;2-3-1-4/h1-3,7-9H;1H,2H2,(H,3,4). The highest BCUT2D eigenvalue weighted by Gasteiger charge is 2.00. The second-order valence-corrected chi connectivity index (χ2v) is 1.93. The van der Waals surface area contributed by atoms with E-state index in [9.17, 15) is 0 Å². The summed E-state index contributed by atoms with van der Waals surface area (Å²) in [5, 5.41) is 26.1. The van der Waals surface area contributed by atoms with Crippen molar-refractivity contribution < 1.29 is 20.1 Å². The number of carbonyl (C=O) groups excluding carboxylic acids is 1. The third-order valence-corrected chi connectivity index (χ3v) is 1.06. The molecule has 0 heterocycles. The Morgan fingerprint density at radius 1 is 1.23 bits per heavy atom. The van der Waals surface area contributed by atoms with Crippen molar-refractivity contribution in [2.45, 2.75) is 0 Å². The number of benzene rings is 1. The van der Waals surface area contributed by atoms with Gasteiger partial charge in [-0.05, 0) is 12.1 Å². The van der Waals surface area contributed by atoms with Crippen LogP contribution in [0.1, 0.15) is 0 Å². The number of rotatable bonds is 1. The fourth-order valence-electron chi connectivity index (χ4n) is 0.519. The quantitative estimate of drug-likeness (QED) is 0.132. The van der Waals surface area contributed by atoms with E-state index in [1.54, 1.807) is 5.43 Å². The summed E-state index contributed by atoms with van der Waals surface area (Å²) in [4.78, 5) is 8.94. The lowest BCUT2D eigenvalue weighted by molar-refractivity contribution is -0.109. The Morgan fingerprint density at radius 3 is 1.85 bits per heavy atom. The molecule has 0 fully saturated rings. The molecule has 0 bridgehead atoms. The molecular formula is C7H10N2O4. The molecule has 0 aromatic heterocycles. The molecule has 6 nitrogen and oxygen atoms in total. The highest BCUT2D eigenvalue weighted by molar-refractivity contribution is 5.47. The fourth-order valence-corrected chi connectivity index (χ4v) is 0.519. The summed E-state index contributed by atoms with van der Waals surface area (Å²) >= 11 is 0. The number of hydrogen-bond acceptors (Lipinski definition) is 5. The van der Waals surface area contributed by atoms with E-state index in [1.807, 2.05) is 0 Å². The Labute approximate surface area is 74.2 Å². The molecule has 0 saturated carbocycles. The van der Waals surface area contributed by atoms with Crippen molar-refractivity contribution in [1.82, 2.24) is 5.43 Å². The first kappa shape index (κ1) is 11.1. The van der Waals surface area contributed by atoms with Crippen LogP contribution in [0.15, 0.2) is 18.2 Å². The van der Waals surface area contributed by atoms with Gasteiger partial charge in [-0.1, -0.05) is 6.07 Å². The van der Waals surface area contributed by atoms with Crippen LogP contribution >= 0.6 is 0 Å². The fraction of sp³-hybridized carbons (Fsp3) is 0. The molecular weight excluding hydrogens is 176 g/mol. The van der Waals surface area contributed by atoms with Gasteiger partial charge in [0.25, 0.3) is 0 Å². The van der Waals surface area contributed by atoms with Crippen LogP contribution in [-0.2, 0) is 4.79 Å². The predicted molar refractivity (Wildman–Crippen MR) is 44.8 cm³/mol. The predicted octanol–water partition coefficient (Wildman–Crippen LogP) is -0.591. The van der Waals surface area contributed by atoms with Gasteiger partial charge in [-0.15, -0.1) is 0 Å². The monoisotopic (exact) mass is 186 g/mol. The minimum atomic E-state index is -0.475. The zero-order chi connectivity index (χ0) is 10.3. The van der Waals surface area contributed by atoms with Crippen LogP contribution in [0, 0.1) is 0 Å². The summed E-state index contributed by atoms with van der Waals surface area (Å²) in [6, 6.07) is 4.01. The molecule has 0 spiro atoms. The van der Waals surface area contributed by atoms with Crippen LogP contribution < -0.4 is 11.3 Å². The Balaban J connectivity index is 0.000000310. The van der Waals surface area contributed by atoms with Gasteiger partial charge in [0.15, 0.2) is 17.2 Å². The van der Waals surface area contributed by atoms with Gasteiger partial charge in [-0.3, -0.25) is 10.2 Å². The number of hydrazine groups is 1.